The van der Waals surface area contributed by atoms with Gasteiger partial charge >= 0.3 is 0 Å². The Morgan fingerprint density at radius 1 is 1.21 bits per heavy atom. The minimum atomic E-state index is -3.75. The molecule has 1 atom stereocenters. The molecule has 0 radical (unpaired) electrons. The lowest BCUT2D eigenvalue weighted by molar-refractivity contribution is -0.134. The number of aliphatic hydroxyl groups is 1. The summed E-state index contributed by atoms with van der Waals surface area (Å²) >= 11 is 4.38. The molecule has 1 N–H and O–H groups in total. The molecule has 2 aromatic heterocycles. The van der Waals surface area contributed by atoms with E-state index in [4.69, 9.17) is 0 Å². The van der Waals surface area contributed by atoms with E-state index in [2.05, 4.69) is 21.0 Å². The summed E-state index contributed by atoms with van der Waals surface area (Å²) in [4.78, 5) is 14.4. The first-order chi connectivity index (χ1) is 13.4. The Kier molecular flexibility index (Phi) is 5.13. The second-order valence-corrected chi connectivity index (χ2v) is 10.9. The van der Waals surface area contributed by atoms with Crippen LogP contribution < -0.4 is 0 Å². The molecule has 0 unspecified atom stereocenters. The number of rotatable bonds is 5. The monoisotopic (exact) mass is 481 g/mol. The predicted molar refractivity (Wildman–Crippen MR) is 107 cm³/mol. The normalized spacial score (nSPS) is 14.9. The Morgan fingerprint density at radius 3 is 2.57 bits per heavy atom. The molecule has 1 aromatic carbocycles. The minimum Gasteiger partial charge on any atom is -0.395 e. The van der Waals surface area contributed by atoms with Crippen LogP contribution >= 0.6 is 27.3 Å². The molecule has 0 saturated carbocycles. The van der Waals surface area contributed by atoms with Crippen molar-refractivity contribution >= 4 is 43.2 Å². The summed E-state index contributed by atoms with van der Waals surface area (Å²) in [6, 6.07) is 12.3. The first-order valence-electron chi connectivity index (χ1n) is 8.43. The number of hydrogen-bond donors (Lipinski definition) is 1. The summed E-state index contributed by atoms with van der Waals surface area (Å²) in [7, 11) is -3.75. The molecule has 7 nitrogen and oxygen atoms in total. The van der Waals surface area contributed by atoms with Gasteiger partial charge in [-0.3, -0.25) is 4.79 Å². The van der Waals surface area contributed by atoms with E-state index < -0.39 is 15.9 Å². The Labute approximate surface area is 174 Å². The number of hydrogen-bond acceptors (Lipinski definition) is 6. The highest BCUT2D eigenvalue weighted by molar-refractivity contribution is 9.11. The largest absolute Gasteiger partial charge is 0.395 e. The van der Waals surface area contributed by atoms with Crippen LogP contribution in [0.15, 0.2) is 56.7 Å². The fraction of sp³-hybridized carbons (Fsp3) is 0.222. The van der Waals surface area contributed by atoms with Crippen molar-refractivity contribution in [2.24, 2.45) is 0 Å². The Balaban J connectivity index is 1.54. The van der Waals surface area contributed by atoms with Crippen molar-refractivity contribution in [1.82, 2.24) is 14.1 Å². The van der Waals surface area contributed by atoms with Gasteiger partial charge in [0.15, 0.2) is 0 Å². The standard InChI is InChI=1S/C18H16BrN3O4S2/c19-16-6-7-17(27-16)28(25,26)22-9-13-8-21(10-15(13)20-22)18(24)14(11-23)12-4-2-1-3-5-12/h1-7,9,14,23H,8,10-11H2/t14-/m1/s1. The Hall–Kier alpha value is -2.01. The molecule has 0 bridgehead atoms. The molecule has 10 heteroatoms. The first-order valence-corrected chi connectivity index (χ1v) is 11.5. The third-order valence-electron chi connectivity index (χ3n) is 4.60. The van der Waals surface area contributed by atoms with Gasteiger partial charge < -0.3 is 10.0 Å². The maximum absolute atomic E-state index is 12.9. The Bertz CT molecular complexity index is 1100. The molecular weight excluding hydrogens is 466 g/mol. The van der Waals surface area contributed by atoms with Gasteiger partial charge in [-0.05, 0) is 33.6 Å². The van der Waals surface area contributed by atoms with Crippen molar-refractivity contribution < 1.29 is 18.3 Å². The molecule has 3 heterocycles. The van der Waals surface area contributed by atoms with Crippen LogP contribution in [0.4, 0.5) is 0 Å². The molecule has 0 spiro atoms. The van der Waals surface area contributed by atoms with Crippen molar-refractivity contribution in [3.8, 4) is 0 Å². The fourth-order valence-corrected chi connectivity index (χ4v) is 6.42. The predicted octanol–water partition coefficient (Wildman–Crippen LogP) is 2.56. The molecule has 0 fully saturated rings. The van der Waals surface area contributed by atoms with Gasteiger partial charge in [0.2, 0.25) is 5.91 Å². The highest BCUT2D eigenvalue weighted by atomic mass is 79.9. The smallest absolute Gasteiger partial charge is 0.292 e. The molecule has 4 rings (SSSR count). The lowest BCUT2D eigenvalue weighted by atomic mass is 9.98. The third kappa shape index (κ3) is 3.41. The SMILES string of the molecule is O=C([C@H](CO)c1ccccc1)N1Cc2cn(S(=O)(=O)c3ccc(Br)s3)nc2C1. The minimum absolute atomic E-state index is 0.193. The van der Waals surface area contributed by atoms with E-state index in [0.717, 1.165) is 24.8 Å². The van der Waals surface area contributed by atoms with Crippen LogP contribution in [0.1, 0.15) is 22.7 Å². The van der Waals surface area contributed by atoms with Crippen molar-refractivity contribution in [3.63, 3.8) is 0 Å². The second kappa shape index (κ2) is 7.43. The maximum Gasteiger partial charge on any atom is 0.292 e. The van der Waals surface area contributed by atoms with Gasteiger partial charge in [0, 0.05) is 18.3 Å². The average Bonchev–Trinajstić information content (AvgIpc) is 3.37. The van der Waals surface area contributed by atoms with Crippen molar-refractivity contribution in [2.75, 3.05) is 6.61 Å². The van der Waals surface area contributed by atoms with Crippen LogP contribution in [0.25, 0.3) is 0 Å². The van der Waals surface area contributed by atoms with Crippen LogP contribution in [-0.2, 0) is 27.9 Å². The maximum atomic E-state index is 12.9. The number of benzene rings is 1. The zero-order valence-corrected chi connectivity index (χ0v) is 17.7. The molecule has 1 amide bonds. The number of fused-ring (bicyclic) bond motifs is 1. The number of thiophene rings is 1. The fourth-order valence-electron chi connectivity index (χ4n) is 3.17. The lowest BCUT2D eigenvalue weighted by Gasteiger charge is -2.22. The number of aromatic nitrogens is 2. The molecule has 3 aromatic rings. The number of amides is 1. The van der Waals surface area contributed by atoms with Crippen LogP contribution in [0.2, 0.25) is 0 Å². The van der Waals surface area contributed by atoms with Crippen molar-refractivity contribution in [2.45, 2.75) is 23.2 Å². The molecule has 0 aliphatic carbocycles. The second-order valence-electron chi connectivity index (χ2n) is 6.38. The number of carbonyl (C=O) groups excluding carboxylic acids is 1. The van der Waals surface area contributed by atoms with Gasteiger partial charge in [-0.1, -0.05) is 30.3 Å². The van der Waals surface area contributed by atoms with Gasteiger partial charge in [-0.15, -0.1) is 11.3 Å². The average molecular weight is 482 g/mol. The van der Waals surface area contributed by atoms with Crippen LogP contribution in [0.5, 0.6) is 0 Å². The molecular formula is C18H16BrN3O4S2. The zero-order valence-electron chi connectivity index (χ0n) is 14.5. The summed E-state index contributed by atoms with van der Waals surface area (Å²) in [5.74, 6) is -0.854. The summed E-state index contributed by atoms with van der Waals surface area (Å²) < 4.78 is 27.3. The molecule has 28 heavy (non-hydrogen) atoms. The van der Waals surface area contributed by atoms with Crippen molar-refractivity contribution in [3.05, 3.63) is 69.3 Å². The van der Waals surface area contributed by atoms with Gasteiger partial charge in [0.25, 0.3) is 10.0 Å². The van der Waals surface area contributed by atoms with Crippen LogP contribution in [0, 0.1) is 0 Å². The summed E-state index contributed by atoms with van der Waals surface area (Å²) in [5.41, 5.74) is 1.99. The van der Waals surface area contributed by atoms with Crippen LogP contribution in [-0.4, -0.2) is 40.1 Å². The number of aliphatic hydroxyl groups excluding tert-OH is 1. The summed E-state index contributed by atoms with van der Waals surface area (Å²) in [6.45, 7) is 0.188. The van der Waals surface area contributed by atoms with Crippen LogP contribution in [0.3, 0.4) is 0 Å². The number of nitrogens with zero attached hydrogens (tertiary/aromatic N) is 3. The molecule has 1 aliphatic rings. The lowest BCUT2D eigenvalue weighted by Crippen LogP contribution is -2.33. The van der Waals surface area contributed by atoms with E-state index in [1.165, 1.54) is 12.3 Å². The molecule has 1 aliphatic heterocycles. The van der Waals surface area contributed by atoms with E-state index in [9.17, 15) is 18.3 Å². The van der Waals surface area contributed by atoms with E-state index in [0.29, 0.717) is 11.3 Å². The highest BCUT2D eigenvalue weighted by Crippen LogP contribution is 2.30. The van der Waals surface area contributed by atoms with Gasteiger partial charge in [0.05, 0.1) is 28.5 Å². The van der Waals surface area contributed by atoms with E-state index in [1.807, 2.05) is 18.2 Å². The highest BCUT2D eigenvalue weighted by Gasteiger charge is 2.33. The quantitative estimate of drug-likeness (QED) is 0.604. The third-order valence-corrected chi connectivity index (χ3v) is 8.23. The van der Waals surface area contributed by atoms with E-state index in [-0.39, 0.29) is 29.8 Å². The topological polar surface area (TPSA) is 92.5 Å². The molecule has 146 valence electrons. The van der Waals surface area contributed by atoms with E-state index >= 15 is 0 Å². The van der Waals surface area contributed by atoms with Gasteiger partial charge in [-0.2, -0.15) is 17.6 Å². The van der Waals surface area contributed by atoms with Crippen molar-refractivity contribution in [1.29, 1.82) is 0 Å². The summed E-state index contributed by atoms with van der Waals surface area (Å²) in [5, 5.41) is 13.9. The number of halogens is 1. The van der Waals surface area contributed by atoms with Gasteiger partial charge in [0.1, 0.15) is 4.21 Å². The zero-order chi connectivity index (χ0) is 19.9. The summed E-state index contributed by atoms with van der Waals surface area (Å²) in [6.07, 6.45) is 1.46. The van der Waals surface area contributed by atoms with Gasteiger partial charge in [-0.25, -0.2) is 0 Å². The molecule has 0 saturated heterocycles. The first kappa shape index (κ1) is 19.3. The number of carbonyl (C=O) groups is 1. The van der Waals surface area contributed by atoms with E-state index in [1.54, 1.807) is 23.1 Å². The Morgan fingerprint density at radius 2 is 1.96 bits per heavy atom.